The SMILES string of the molecule is CCC(O)CCC(O)CCC(O)CCC(=O)O. The van der Waals surface area contributed by atoms with E-state index >= 15 is 0 Å². The smallest absolute Gasteiger partial charge is 0.303 e. The van der Waals surface area contributed by atoms with Crippen LogP contribution in [0.2, 0.25) is 0 Å². The molecule has 0 saturated carbocycles. The summed E-state index contributed by atoms with van der Waals surface area (Å²) in [5, 5.41) is 36.8. The van der Waals surface area contributed by atoms with Gasteiger partial charge in [0.2, 0.25) is 0 Å². The Labute approximate surface area is 102 Å². The summed E-state index contributed by atoms with van der Waals surface area (Å²) in [6, 6.07) is 0. The van der Waals surface area contributed by atoms with Crippen molar-refractivity contribution in [2.75, 3.05) is 0 Å². The molecule has 0 aromatic heterocycles. The van der Waals surface area contributed by atoms with Gasteiger partial charge in [-0.2, -0.15) is 0 Å². The third-order valence-electron chi connectivity index (χ3n) is 2.83. The van der Waals surface area contributed by atoms with Crippen LogP contribution in [-0.4, -0.2) is 44.7 Å². The van der Waals surface area contributed by atoms with E-state index in [-0.39, 0.29) is 18.9 Å². The lowest BCUT2D eigenvalue weighted by atomic mass is 10.0. The quantitative estimate of drug-likeness (QED) is 0.460. The number of aliphatic hydroxyl groups excluding tert-OH is 3. The Morgan fingerprint density at radius 3 is 1.71 bits per heavy atom. The number of hydrogen-bond donors (Lipinski definition) is 4. The molecule has 5 nitrogen and oxygen atoms in total. The minimum absolute atomic E-state index is 0.0498. The maximum Gasteiger partial charge on any atom is 0.303 e. The van der Waals surface area contributed by atoms with Crippen LogP contribution < -0.4 is 0 Å². The zero-order valence-electron chi connectivity index (χ0n) is 10.4. The van der Waals surface area contributed by atoms with Gasteiger partial charge in [-0.05, 0) is 38.5 Å². The van der Waals surface area contributed by atoms with Gasteiger partial charge in [0.25, 0.3) is 0 Å². The standard InChI is InChI=1S/C12H24O5/c1-2-9(13)3-4-10(14)5-6-11(15)7-8-12(16)17/h9-11,13-15H,2-8H2,1H3,(H,16,17). The van der Waals surface area contributed by atoms with Crippen molar-refractivity contribution in [1.29, 1.82) is 0 Å². The molecule has 0 amide bonds. The summed E-state index contributed by atoms with van der Waals surface area (Å²) in [4.78, 5) is 10.3. The van der Waals surface area contributed by atoms with Crippen LogP contribution in [0.3, 0.4) is 0 Å². The molecule has 0 radical (unpaired) electrons. The Hall–Kier alpha value is -0.650. The summed E-state index contributed by atoms with van der Waals surface area (Å²) in [6.07, 6.45) is 1.19. The van der Waals surface area contributed by atoms with E-state index in [9.17, 15) is 20.1 Å². The second kappa shape index (κ2) is 9.39. The molecule has 3 unspecified atom stereocenters. The van der Waals surface area contributed by atoms with E-state index in [1.807, 2.05) is 6.92 Å². The van der Waals surface area contributed by atoms with Crippen molar-refractivity contribution in [3.63, 3.8) is 0 Å². The van der Waals surface area contributed by atoms with Crippen molar-refractivity contribution < 1.29 is 25.2 Å². The largest absolute Gasteiger partial charge is 0.481 e. The van der Waals surface area contributed by atoms with Crippen LogP contribution in [0.15, 0.2) is 0 Å². The van der Waals surface area contributed by atoms with Gasteiger partial charge in [0.05, 0.1) is 18.3 Å². The second-order valence-corrected chi connectivity index (χ2v) is 4.46. The molecule has 102 valence electrons. The summed E-state index contributed by atoms with van der Waals surface area (Å²) in [5.41, 5.74) is 0. The first kappa shape index (κ1) is 16.4. The first-order valence-corrected chi connectivity index (χ1v) is 6.21. The molecule has 0 aromatic carbocycles. The van der Waals surface area contributed by atoms with Gasteiger partial charge in [0.15, 0.2) is 0 Å². The van der Waals surface area contributed by atoms with Crippen molar-refractivity contribution in [2.45, 2.75) is 70.2 Å². The highest BCUT2D eigenvalue weighted by molar-refractivity contribution is 5.66. The number of aliphatic hydroxyl groups is 3. The number of hydrogen-bond acceptors (Lipinski definition) is 4. The van der Waals surface area contributed by atoms with E-state index in [2.05, 4.69) is 0 Å². The predicted molar refractivity (Wildman–Crippen MR) is 63.6 cm³/mol. The minimum Gasteiger partial charge on any atom is -0.481 e. The average molecular weight is 248 g/mol. The monoisotopic (exact) mass is 248 g/mol. The molecule has 3 atom stereocenters. The van der Waals surface area contributed by atoms with Crippen LogP contribution in [0, 0.1) is 0 Å². The highest BCUT2D eigenvalue weighted by atomic mass is 16.4. The van der Waals surface area contributed by atoms with Crippen molar-refractivity contribution in [3.8, 4) is 0 Å². The molecule has 0 fully saturated rings. The number of carboxylic acid groups (broad SMARTS) is 1. The van der Waals surface area contributed by atoms with Gasteiger partial charge >= 0.3 is 5.97 Å². The van der Waals surface area contributed by atoms with E-state index in [0.29, 0.717) is 32.1 Å². The van der Waals surface area contributed by atoms with Crippen LogP contribution in [0.1, 0.15) is 51.9 Å². The Morgan fingerprint density at radius 2 is 1.29 bits per heavy atom. The second-order valence-electron chi connectivity index (χ2n) is 4.46. The number of carboxylic acids is 1. The molecular weight excluding hydrogens is 224 g/mol. The zero-order valence-corrected chi connectivity index (χ0v) is 10.4. The highest BCUT2D eigenvalue weighted by Crippen LogP contribution is 2.12. The van der Waals surface area contributed by atoms with Gasteiger partial charge in [0.1, 0.15) is 0 Å². The number of carbonyl (C=O) groups is 1. The maximum atomic E-state index is 10.3. The molecule has 0 bridgehead atoms. The van der Waals surface area contributed by atoms with E-state index in [1.54, 1.807) is 0 Å². The molecule has 0 aliphatic rings. The third-order valence-corrected chi connectivity index (χ3v) is 2.83. The van der Waals surface area contributed by atoms with Gasteiger partial charge in [0, 0.05) is 6.42 Å². The summed E-state index contributed by atoms with van der Waals surface area (Å²) in [5.74, 6) is -0.921. The first-order valence-electron chi connectivity index (χ1n) is 6.21. The van der Waals surface area contributed by atoms with Crippen LogP contribution in [-0.2, 0) is 4.79 Å². The molecule has 0 heterocycles. The summed E-state index contributed by atoms with van der Waals surface area (Å²) >= 11 is 0. The van der Waals surface area contributed by atoms with Crippen LogP contribution in [0.25, 0.3) is 0 Å². The highest BCUT2D eigenvalue weighted by Gasteiger charge is 2.12. The molecule has 0 aliphatic heterocycles. The topological polar surface area (TPSA) is 98.0 Å². The summed E-state index contributed by atoms with van der Waals surface area (Å²) in [7, 11) is 0. The fourth-order valence-electron chi connectivity index (χ4n) is 1.55. The van der Waals surface area contributed by atoms with Gasteiger partial charge < -0.3 is 20.4 Å². The zero-order chi connectivity index (χ0) is 13.3. The Kier molecular flexibility index (Phi) is 9.03. The van der Waals surface area contributed by atoms with Crippen molar-refractivity contribution >= 4 is 5.97 Å². The normalized spacial score (nSPS) is 16.5. The molecule has 4 N–H and O–H groups in total. The molecule has 0 spiro atoms. The lowest BCUT2D eigenvalue weighted by Gasteiger charge is -2.15. The molecule has 17 heavy (non-hydrogen) atoms. The van der Waals surface area contributed by atoms with Gasteiger partial charge in [-0.25, -0.2) is 0 Å². The molecule has 0 saturated heterocycles. The molecule has 0 aliphatic carbocycles. The number of rotatable bonds is 10. The van der Waals surface area contributed by atoms with Crippen LogP contribution in [0.5, 0.6) is 0 Å². The third kappa shape index (κ3) is 10.2. The number of aliphatic carboxylic acids is 1. The molecule has 0 rings (SSSR count). The molecule has 0 aromatic rings. The molecular formula is C12H24O5. The molecule has 5 heteroatoms. The van der Waals surface area contributed by atoms with E-state index in [0.717, 1.165) is 0 Å². The van der Waals surface area contributed by atoms with Crippen LogP contribution in [0.4, 0.5) is 0 Å². The predicted octanol–water partition coefficient (Wildman–Crippen LogP) is 0.904. The first-order chi connectivity index (χ1) is 7.95. The van der Waals surface area contributed by atoms with Gasteiger partial charge in [-0.3, -0.25) is 4.79 Å². The summed E-state index contributed by atoms with van der Waals surface area (Å²) < 4.78 is 0. The van der Waals surface area contributed by atoms with Crippen LogP contribution >= 0.6 is 0 Å². The van der Waals surface area contributed by atoms with Crippen molar-refractivity contribution in [1.82, 2.24) is 0 Å². The minimum atomic E-state index is -0.921. The van der Waals surface area contributed by atoms with E-state index in [4.69, 9.17) is 5.11 Å². The summed E-state index contributed by atoms with van der Waals surface area (Å²) in [6.45, 7) is 1.88. The van der Waals surface area contributed by atoms with E-state index in [1.165, 1.54) is 0 Å². The van der Waals surface area contributed by atoms with Gasteiger partial charge in [-0.15, -0.1) is 0 Å². The Balaban J connectivity index is 3.54. The van der Waals surface area contributed by atoms with Gasteiger partial charge in [-0.1, -0.05) is 6.92 Å². The average Bonchev–Trinajstić information content (AvgIpc) is 2.30. The Bertz CT molecular complexity index is 207. The van der Waals surface area contributed by atoms with Crippen molar-refractivity contribution in [3.05, 3.63) is 0 Å². The van der Waals surface area contributed by atoms with E-state index < -0.39 is 18.2 Å². The lowest BCUT2D eigenvalue weighted by Crippen LogP contribution is -2.16. The Morgan fingerprint density at radius 1 is 0.882 bits per heavy atom. The maximum absolute atomic E-state index is 10.3. The lowest BCUT2D eigenvalue weighted by molar-refractivity contribution is -0.137. The fourth-order valence-corrected chi connectivity index (χ4v) is 1.55. The van der Waals surface area contributed by atoms with Crippen molar-refractivity contribution in [2.24, 2.45) is 0 Å². The fraction of sp³-hybridized carbons (Fsp3) is 0.917.